The second kappa shape index (κ2) is 52.8. The van der Waals surface area contributed by atoms with Crippen LogP contribution in [0.3, 0.4) is 0 Å². The zero-order chi connectivity index (χ0) is 58.3. The Hall–Kier alpha value is -5.30. The summed E-state index contributed by atoms with van der Waals surface area (Å²) in [5, 5.41) is 15.0. The lowest BCUT2D eigenvalue weighted by Crippen LogP contribution is -2.52. The van der Waals surface area contributed by atoms with Crippen LogP contribution < -0.4 is 37.6 Å². The van der Waals surface area contributed by atoms with Crippen molar-refractivity contribution in [2.45, 2.75) is 44.7 Å². The first kappa shape index (κ1) is 71.8. The third-order valence-electron chi connectivity index (χ3n) is 10.9. The molecule has 8 N–H and O–H groups in total. The molecule has 0 aliphatic rings. The summed E-state index contributed by atoms with van der Waals surface area (Å²) in [5.41, 5.74) is 7.93. The Bertz CT molecular complexity index is 1880. The molecule has 0 bridgehead atoms. The highest BCUT2D eigenvalue weighted by Crippen LogP contribution is 2.04. The summed E-state index contributed by atoms with van der Waals surface area (Å²) >= 11 is 0. The zero-order valence-corrected chi connectivity index (χ0v) is 47.3. The number of carbonyl (C=O) groups excluding carboxylic acids is 6. The Morgan fingerprint density at radius 3 is 1.20 bits per heavy atom. The van der Waals surface area contributed by atoms with Gasteiger partial charge in [0.2, 0.25) is 35.4 Å². The minimum atomic E-state index is -1.07. The molecule has 81 heavy (non-hydrogen) atoms. The van der Waals surface area contributed by atoms with Crippen LogP contribution >= 0.6 is 0 Å². The van der Waals surface area contributed by atoms with Gasteiger partial charge in [-0.05, 0) is 30.9 Å². The van der Waals surface area contributed by atoms with Crippen LogP contribution in [0.25, 0.3) is 0 Å². The molecule has 460 valence electrons. The first-order chi connectivity index (χ1) is 39.7. The van der Waals surface area contributed by atoms with E-state index in [-0.39, 0.29) is 51.6 Å². The smallest absolute Gasteiger partial charge is 0.243 e. The molecule has 0 saturated heterocycles. The van der Waals surface area contributed by atoms with Gasteiger partial charge in [0.25, 0.3) is 0 Å². The van der Waals surface area contributed by atoms with Crippen molar-refractivity contribution in [1.29, 1.82) is 0 Å². The molecular weight excluding hydrogens is 1060 g/mol. The van der Waals surface area contributed by atoms with Gasteiger partial charge in [0.05, 0.1) is 184 Å². The Labute approximate surface area is 476 Å². The van der Waals surface area contributed by atoms with Crippen molar-refractivity contribution in [2.75, 3.05) is 198 Å². The van der Waals surface area contributed by atoms with Crippen LogP contribution in [-0.2, 0) is 103 Å². The van der Waals surface area contributed by atoms with Gasteiger partial charge in [-0.3, -0.25) is 28.8 Å². The van der Waals surface area contributed by atoms with Crippen LogP contribution in [0.15, 0.2) is 60.7 Å². The molecule has 2 rings (SSSR count). The summed E-state index contributed by atoms with van der Waals surface area (Å²) in [6.45, 7) is 12.1. The standard InChI is InChI=1S/C55H91N7O19/c1-2-69-45-61-52(65)43-60-55(68)49(41-47-11-7-4-8-12-47)62-53(66)44-58-51(64)42-59-54(67)48(56)13-14-50(63)57-16-18-71-20-22-73-24-26-75-28-30-77-32-34-79-36-38-81-40-39-80-37-35-78-33-31-76-29-27-74-25-23-72-21-19-70-17-15-46-9-5-3-6-10-46/h3-12,48-49H,2,13-45,56H2,1H3,(H,57,63)(H,58,64)(H,59,67)(H,60,68)(H,61,65)(H,62,66)/t48-,49-/m0/s1. The van der Waals surface area contributed by atoms with E-state index >= 15 is 0 Å². The van der Waals surface area contributed by atoms with E-state index < -0.39 is 54.7 Å². The predicted octanol–water partition coefficient (Wildman–Crippen LogP) is -1.16. The van der Waals surface area contributed by atoms with Crippen LogP contribution in [0.5, 0.6) is 0 Å². The summed E-state index contributed by atoms with van der Waals surface area (Å²) in [5.74, 6) is -3.42. The average Bonchev–Trinajstić information content (AvgIpc) is 3.47. The van der Waals surface area contributed by atoms with Crippen LogP contribution in [-0.4, -0.2) is 246 Å². The maximum absolute atomic E-state index is 12.9. The lowest BCUT2D eigenvalue weighted by Gasteiger charge is -2.19. The zero-order valence-electron chi connectivity index (χ0n) is 47.3. The number of hydrogen-bond acceptors (Lipinski definition) is 20. The second-order valence-corrected chi connectivity index (χ2v) is 17.3. The average molecular weight is 1150 g/mol. The fourth-order valence-corrected chi connectivity index (χ4v) is 6.56. The van der Waals surface area contributed by atoms with Crippen molar-refractivity contribution in [3.8, 4) is 0 Å². The topological polar surface area (TPSA) is 321 Å². The molecule has 2 atom stereocenters. The minimum Gasteiger partial charge on any atom is -0.379 e. The number of amides is 6. The molecule has 26 nitrogen and oxygen atoms in total. The summed E-state index contributed by atoms with van der Waals surface area (Å²) in [6, 6.07) is 17.1. The molecule has 0 heterocycles. The molecule has 0 radical (unpaired) electrons. The Morgan fingerprint density at radius 1 is 0.395 bits per heavy atom. The molecule has 0 saturated carbocycles. The van der Waals surface area contributed by atoms with E-state index in [0.29, 0.717) is 159 Å². The van der Waals surface area contributed by atoms with Crippen LogP contribution in [0.1, 0.15) is 30.9 Å². The molecule has 26 heteroatoms. The lowest BCUT2D eigenvalue weighted by molar-refractivity contribution is -0.131. The van der Waals surface area contributed by atoms with Gasteiger partial charge in [-0.15, -0.1) is 0 Å². The molecule has 0 unspecified atom stereocenters. The summed E-state index contributed by atoms with van der Waals surface area (Å²) in [6.07, 6.45) is 1.01. The number of benzene rings is 2. The van der Waals surface area contributed by atoms with E-state index in [9.17, 15) is 28.8 Å². The number of rotatable bonds is 56. The molecule has 0 aromatic heterocycles. The van der Waals surface area contributed by atoms with Crippen LogP contribution in [0, 0.1) is 0 Å². The van der Waals surface area contributed by atoms with Crippen molar-refractivity contribution in [1.82, 2.24) is 31.9 Å². The van der Waals surface area contributed by atoms with Gasteiger partial charge in [0.15, 0.2) is 0 Å². The Morgan fingerprint density at radius 2 is 0.765 bits per heavy atom. The Kier molecular flexibility index (Phi) is 46.8. The fourth-order valence-electron chi connectivity index (χ4n) is 6.56. The van der Waals surface area contributed by atoms with E-state index in [0.717, 1.165) is 12.0 Å². The normalized spacial score (nSPS) is 11.9. The highest BCUT2D eigenvalue weighted by molar-refractivity contribution is 5.93. The van der Waals surface area contributed by atoms with E-state index in [4.69, 9.17) is 67.3 Å². The number of nitrogens with one attached hydrogen (secondary N) is 6. The van der Waals surface area contributed by atoms with Crippen LogP contribution in [0.4, 0.5) is 0 Å². The van der Waals surface area contributed by atoms with Gasteiger partial charge in [-0.2, -0.15) is 0 Å². The van der Waals surface area contributed by atoms with Crippen molar-refractivity contribution >= 4 is 35.4 Å². The maximum Gasteiger partial charge on any atom is 0.243 e. The van der Waals surface area contributed by atoms with E-state index in [1.807, 2.05) is 18.2 Å². The van der Waals surface area contributed by atoms with Crippen molar-refractivity contribution in [3.05, 3.63) is 71.8 Å². The molecular formula is C55H91N7O19. The molecule has 0 aliphatic heterocycles. The Balaban J connectivity index is 1.27. The summed E-state index contributed by atoms with van der Waals surface area (Å²) in [7, 11) is 0. The molecule has 0 spiro atoms. The summed E-state index contributed by atoms with van der Waals surface area (Å²) < 4.78 is 71.2. The number of ether oxygens (including phenoxy) is 13. The fraction of sp³-hybridized carbons (Fsp3) is 0.673. The van der Waals surface area contributed by atoms with Gasteiger partial charge in [0.1, 0.15) is 12.8 Å². The third kappa shape index (κ3) is 45.0. The highest BCUT2D eigenvalue weighted by atomic mass is 16.6. The monoisotopic (exact) mass is 1150 g/mol. The van der Waals surface area contributed by atoms with Gasteiger partial charge in [-0.1, -0.05) is 60.7 Å². The second-order valence-electron chi connectivity index (χ2n) is 17.3. The van der Waals surface area contributed by atoms with E-state index in [1.54, 1.807) is 37.3 Å². The van der Waals surface area contributed by atoms with Gasteiger partial charge in [-0.25, -0.2) is 0 Å². The van der Waals surface area contributed by atoms with Crippen LogP contribution in [0.2, 0.25) is 0 Å². The van der Waals surface area contributed by atoms with Crippen molar-refractivity contribution < 1.29 is 90.3 Å². The first-order valence-electron chi connectivity index (χ1n) is 27.7. The molecule has 2 aromatic rings. The molecule has 6 amide bonds. The SMILES string of the molecule is CCOCNC(=O)CNC(=O)[C@H](Cc1ccccc1)NC(=O)CNC(=O)CNC(=O)[C@@H](N)CCC(=O)NCCOCCOCCOCCOCCOCCOCCOCCOCCOCCOCCOCCOCCc1ccccc1. The molecule has 0 aliphatic carbocycles. The van der Waals surface area contributed by atoms with Gasteiger partial charge < -0.3 is 99.2 Å². The molecule has 2 aromatic carbocycles. The molecule has 0 fully saturated rings. The number of hydrogen-bond donors (Lipinski definition) is 7. The quantitative estimate of drug-likeness (QED) is 0.0303. The lowest BCUT2D eigenvalue weighted by atomic mass is 10.1. The summed E-state index contributed by atoms with van der Waals surface area (Å²) in [4.78, 5) is 74.7. The van der Waals surface area contributed by atoms with Crippen molar-refractivity contribution in [2.24, 2.45) is 5.73 Å². The predicted molar refractivity (Wildman–Crippen MR) is 296 cm³/mol. The highest BCUT2D eigenvalue weighted by Gasteiger charge is 2.23. The van der Waals surface area contributed by atoms with Gasteiger partial charge >= 0.3 is 0 Å². The number of carbonyl (C=O) groups is 6. The van der Waals surface area contributed by atoms with E-state index in [1.165, 1.54) is 5.56 Å². The maximum atomic E-state index is 12.9. The minimum absolute atomic E-state index is 0.00756. The number of nitrogens with two attached hydrogens (primary N) is 1. The van der Waals surface area contributed by atoms with E-state index in [2.05, 4.69) is 44.0 Å². The van der Waals surface area contributed by atoms with Gasteiger partial charge in [0, 0.05) is 26.0 Å². The largest absolute Gasteiger partial charge is 0.379 e. The first-order valence-corrected chi connectivity index (χ1v) is 27.7. The third-order valence-corrected chi connectivity index (χ3v) is 10.9. The van der Waals surface area contributed by atoms with Crippen molar-refractivity contribution in [3.63, 3.8) is 0 Å².